The second-order valence-electron chi connectivity index (χ2n) is 6.72. The van der Waals surface area contributed by atoms with Crippen LogP contribution >= 0.6 is 0 Å². The van der Waals surface area contributed by atoms with Crippen molar-refractivity contribution in [1.82, 2.24) is 19.9 Å². The van der Waals surface area contributed by atoms with Crippen LogP contribution in [0, 0.1) is 11.3 Å². The van der Waals surface area contributed by atoms with Crippen LogP contribution < -0.4 is 10.5 Å². The summed E-state index contributed by atoms with van der Waals surface area (Å²) in [6, 6.07) is 5.21. The zero-order chi connectivity index (χ0) is 20.3. The summed E-state index contributed by atoms with van der Waals surface area (Å²) in [7, 11) is 0. The molecule has 9 nitrogen and oxygen atoms in total. The van der Waals surface area contributed by atoms with Crippen LogP contribution in [0.2, 0.25) is 0 Å². The van der Waals surface area contributed by atoms with E-state index in [1.807, 2.05) is 0 Å². The molecule has 0 spiro atoms. The third kappa shape index (κ3) is 4.31. The molecule has 3 heterocycles. The number of fused-ring (bicyclic) bond motifs is 1. The first-order chi connectivity index (χ1) is 13.3. The van der Waals surface area contributed by atoms with E-state index in [-0.39, 0.29) is 12.2 Å². The van der Waals surface area contributed by atoms with Gasteiger partial charge >= 0.3 is 0 Å². The molecule has 0 saturated heterocycles. The van der Waals surface area contributed by atoms with E-state index in [0.29, 0.717) is 33.9 Å². The molecule has 28 heavy (non-hydrogen) atoms. The summed E-state index contributed by atoms with van der Waals surface area (Å²) in [4.78, 5) is 27.3. The molecule has 142 valence electrons. The number of nitrogens with zero attached hydrogens (tertiary/aromatic N) is 4. The Balaban J connectivity index is 1.91. The number of carbonyl (C=O) groups excluding carboxylic acids is 1. The summed E-state index contributed by atoms with van der Waals surface area (Å²) in [6.45, 7) is 3.40. The highest BCUT2D eigenvalue weighted by atomic mass is 16.5. The van der Waals surface area contributed by atoms with Crippen molar-refractivity contribution in [3.8, 4) is 23.2 Å². The number of amides is 1. The Morgan fingerprint density at radius 3 is 2.79 bits per heavy atom. The summed E-state index contributed by atoms with van der Waals surface area (Å²) in [6.07, 6.45) is 6.13. The Hall–Kier alpha value is -3.77. The summed E-state index contributed by atoms with van der Waals surface area (Å²) in [5, 5.41) is 18.7. The van der Waals surface area contributed by atoms with E-state index in [0.717, 1.165) is 0 Å². The smallest absolute Gasteiger partial charge is 0.259 e. The van der Waals surface area contributed by atoms with Gasteiger partial charge in [-0.15, -0.1) is 0 Å². The molecule has 3 aromatic rings. The number of nitrogens with one attached hydrogen (secondary N) is 1. The van der Waals surface area contributed by atoms with Gasteiger partial charge in [-0.2, -0.15) is 5.26 Å². The summed E-state index contributed by atoms with van der Waals surface area (Å²) < 4.78 is 5.43. The van der Waals surface area contributed by atoms with Gasteiger partial charge in [-0.05, 0) is 26.0 Å². The fraction of sp³-hybridized carbons (Fsp3) is 0.211. The fourth-order valence-electron chi connectivity index (χ4n) is 2.34. The molecule has 9 heteroatoms. The molecule has 0 aliphatic heterocycles. The van der Waals surface area contributed by atoms with Crippen LogP contribution in [0.3, 0.4) is 0 Å². The Bertz CT molecular complexity index is 1090. The average Bonchev–Trinajstić information content (AvgIpc) is 3.06. The Morgan fingerprint density at radius 1 is 1.39 bits per heavy atom. The minimum atomic E-state index is -0.956. The van der Waals surface area contributed by atoms with Crippen molar-refractivity contribution in [2.75, 3.05) is 6.61 Å². The number of aromatic amines is 1. The highest BCUT2D eigenvalue weighted by Gasteiger charge is 2.14. The van der Waals surface area contributed by atoms with Gasteiger partial charge in [-0.25, -0.2) is 15.0 Å². The van der Waals surface area contributed by atoms with Crippen LogP contribution in [-0.4, -0.2) is 43.2 Å². The number of rotatable bonds is 6. The Morgan fingerprint density at radius 2 is 2.18 bits per heavy atom. The molecule has 0 unspecified atom stereocenters. The minimum Gasteiger partial charge on any atom is -0.475 e. The number of nitrogens with two attached hydrogens (primary N) is 1. The number of pyridine rings is 1. The molecule has 1 amide bonds. The summed E-state index contributed by atoms with van der Waals surface area (Å²) in [5.74, 6) is -0.433. The lowest BCUT2D eigenvalue weighted by Crippen LogP contribution is -2.28. The number of aromatic nitrogens is 4. The molecule has 0 aliphatic carbocycles. The third-order valence-corrected chi connectivity index (χ3v) is 3.70. The van der Waals surface area contributed by atoms with E-state index in [9.17, 15) is 9.90 Å². The molecule has 0 radical (unpaired) electrons. The first-order valence-electron chi connectivity index (χ1n) is 8.34. The second-order valence-corrected chi connectivity index (χ2v) is 6.72. The molecule has 4 N–H and O–H groups in total. The molecule has 0 aliphatic rings. The maximum Gasteiger partial charge on any atom is 0.259 e. The molecule has 0 aromatic carbocycles. The van der Waals surface area contributed by atoms with Crippen LogP contribution in [0.15, 0.2) is 36.3 Å². The number of hydrogen-bond donors (Lipinski definition) is 3. The van der Waals surface area contributed by atoms with Gasteiger partial charge in [0.1, 0.15) is 23.8 Å². The normalized spacial score (nSPS) is 12.0. The van der Waals surface area contributed by atoms with E-state index in [1.165, 1.54) is 6.08 Å². The zero-order valence-electron chi connectivity index (χ0n) is 15.3. The van der Waals surface area contributed by atoms with E-state index in [1.54, 1.807) is 50.6 Å². The number of nitriles is 1. The summed E-state index contributed by atoms with van der Waals surface area (Å²) in [5.41, 5.74) is 6.84. The maximum atomic E-state index is 11.3. The van der Waals surface area contributed by atoms with E-state index >= 15 is 0 Å². The van der Waals surface area contributed by atoms with Crippen molar-refractivity contribution in [2.45, 2.75) is 19.4 Å². The molecule has 0 atom stereocenters. The molecule has 0 saturated carbocycles. The fourth-order valence-corrected chi connectivity index (χ4v) is 2.34. The van der Waals surface area contributed by atoms with Gasteiger partial charge in [-0.1, -0.05) is 0 Å². The first kappa shape index (κ1) is 19.0. The van der Waals surface area contributed by atoms with E-state index in [2.05, 4.69) is 19.9 Å². The molecule has 3 aromatic heterocycles. The van der Waals surface area contributed by atoms with Crippen molar-refractivity contribution in [2.24, 2.45) is 5.73 Å². The first-order valence-corrected chi connectivity index (χ1v) is 8.34. The van der Waals surface area contributed by atoms with Crippen LogP contribution in [-0.2, 0) is 4.79 Å². The quantitative estimate of drug-likeness (QED) is 0.435. The lowest BCUT2D eigenvalue weighted by molar-refractivity contribution is -0.114. The van der Waals surface area contributed by atoms with Gasteiger partial charge < -0.3 is 20.6 Å². The van der Waals surface area contributed by atoms with Crippen LogP contribution in [0.1, 0.15) is 19.4 Å². The third-order valence-electron chi connectivity index (χ3n) is 3.70. The van der Waals surface area contributed by atoms with Gasteiger partial charge in [0.25, 0.3) is 5.91 Å². The number of primary amides is 1. The van der Waals surface area contributed by atoms with Crippen molar-refractivity contribution in [3.63, 3.8) is 0 Å². The van der Waals surface area contributed by atoms with Crippen molar-refractivity contribution >= 4 is 23.1 Å². The molecular formula is C19H18N6O3. The molecule has 0 bridgehead atoms. The Labute approximate surface area is 160 Å². The lowest BCUT2D eigenvalue weighted by Gasteiger charge is -2.17. The van der Waals surface area contributed by atoms with Gasteiger partial charge in [0, 0.05) is 29.6 Å². The number of hydrogen-bond acceptors (Lipinski definition) is 7. The number of carbonyl (C=O) groups is 1. The van der Waals surface area contributed by atoms with Gasteiger partial charge in [0.2, 0.25) is 5.88 Å². The average molecular weight is 378 g/mol. The standard InChI is InChI=1S/C19H18N6O3/c1-19(2,27)10-28-15-4-3-11(7-22-15)14-9-24-18-16(25-14)13(8-23-18)5-12(6-20)17(21)26/h3-5,7-9,27H,10H2,1-2H3,(H2,21,26)(H,23,24)/b12-5+. The summed E-state index contributed by atoms with van der Waals surface area (Å²) >= 11 is 0. The highest BCUT2D eigenvalue weighted by molar-refractivity contribution is 6.02. The van der Waals surface area contributed by atoms with Gasteiger partial charge in [0.15, 0.2) is 5.65 Å². The van der Waals surface area contributed by atoms with Crippen LogP contribution in [0.25, 0.3) is 28.5 Å². The molecular weight excluding hydrogens is 360 g/mol. The monoisotopic (exact) mass is 378 g/mol. The van der Waals surface area contributed by atoms with Gasteiger partial charge in [-0.3, -0.25) is 4.79 Å². The van der Waals surface area contributed by atoms with E-state index in [4.69, 9.17) is 15.7 Å². The lowest BCUT2D eigenvalue weighted by atomic mass is 10.1. The van der Waals surface area contributed by atoms with Crippen molar-refractivity contribution in [3.05, 3.63) is 41.9 Å². The number of ether oxygens (including phenoxy) is 1. The minimum absolute atomic E-state index is 0.116. The Kier molecular flexibility index (Phi) is 5.06. The maximum absolute atomic E-state index is 11.3. The van der Waals surface area contributed by atoms with E-state index < -0.39 is 11.5 Å². The number of H-pyrrole nitrogens is 1. The molecule has 0 fully saturated rings. The van der Waals surface area contributed by atoms with Crippen LogP contribution in [0.5, 0.6) is 5.88 Å². The second kappa shape index (κ2) is 7.46. The van der Waals surface area contributed by atoms with Crippen molar-refractivity contribution < 1.29 is 14.6 Å². The SMILES string of the molecule is CC(C)(O)COc1ccc(-c2cnc3[nH]cc(/C=C(\C#N)C(N)=O)c3n2)cn1. The number of aliphatic hydroxyl groups is 1. The molecule has 3 rings (SSSR count). The topological polar surface area (TPSA) is 151 Å². The zero-order valence-corrected chi connectivity index (χ0v) is 15.3. The van der Waals surface area contributed by atoms with Gasteiger partial charge in [0.05, 0.1) is 17.5 Å². The van der Waals surface area contributed by atoms with Crippen LogP contribution in [0.4, 0.5) is 0 Å². The highest BCUT2D eigenvalue weighted by Crippen LogP contribution is 2.23. The predicted octanol–water partition coefficient (Wildman–Crippen LogP) is 1.56. The largest absolute Gasteiger partial charge is 0.475 e. The van der Waals surface area contributed by atoms with Crippen molar-refractivity contribution in [1.29, 1.82) is 5.26 Å². The predicted molar refractivity (Wildman–Crippen MR) is 102 cm³/mol.